The van der Waals surface area contributed by atoms with Gasteiger partial charge in [0.25, 0.3) is 5.91 Å². The largest absolute Gasteiger partial charge is 0.372 e. The number of rotatable bonds is 19. The summed E-state index contributed by atoms with van der Waals surface area (Å²) in [7, 11) is 1.36. The molecular weight excluding hydrogens is 1030 g/mol. The number of benzene rings is 4. The number of amides is 7. The summed E-state index contributed by atoms with van der Waals surface area (Å²) in [5.74, 6) is -2.05. The first kappa shape index (κ1) is 59.4. The number of likely N-dealkylation sites (N-methyl/N-ethyl adjacent to an activating group) is 2. The van der Waals surface area contributed by atoms with Crippen molar-refractivity contribution < 1.29 is 38.3 Å². The lowest BCUT2D eigenvalue weighted by molar-refractivity contribution is -0.144. The second kappa shape index (κ2) is 25.8. The summed E-state index contributed by atoms with van der Waals surface area (Å²) in [6, 6.07) is 26.4. The van der Waals surface area contributed by atoms with Gasteiger partial charge in [-0.25, -0.2) is 0 Å². The molecule has 428 valence electrons. The molecule has 2 saturated heterocycles. The number of carbonyl (C=O) groups excluding carboxylic acids is 7. The van der Waals surface area contributed by atoms with E-state index in [0.29, 0.717) is 23.5 Å². The molecule has 17 nitrogen and oxygen atoms in total. The summed E-state index contributed by atoms with van der Waals surface area (Å²) in [5.41, 5.74) is 6.49. The molecule has 80 heavy (non-hydrogen) atoms. The third kappa shape index (κ3) is 14.4. The average molecular weight is 1110 g/mol. The molecule has 8 rings (SSSR count). The lowest BCUT2D eigenvalue weighted by Gasteiger charge is -2.36. The van der Waals surface area contributed by atoms with Crippen LogP contribution >= 0.6 is 0 Å². The van der Waals surface area contributed by atoms with Crippen molar-refractivity contribution in [2.75, 3.05) is 32.1 Å². The number of likely N-dealkylation sites (tertiary alicyclic amines) is 1. The van der Waals surface area contributed by atoms with Crippen LogP contribution in [-0.4, -0.2) is 128 Å². The Morgan fingerprint density at radius 3 is 1.76 bits per heavy atom. The Morgan fingerprint density at radius 1 is 0.662 bits per heavy atom. The van der Waals surface area contributed by atoms with E-state index >= 15 is 0 Å². The van der Waals surface area contributed by atoms with Gasteiger partial charge in [0, 0.05) is 36.8 Å². The van der Waals surface area contributed by atoms with Crippen molar-refractivity contribution in [1.29, 1.82) is 0 Å². The fourth-order valence-electron chi connectivity index (χ4n) is 11.7. The van der Waals surface area contributed by atoms with E-state index in [1.807, 2.05) is 69.3 Å². The summed E-state index contributed by atoms with van der Waals surface area (Å²) < 4.78 is 6.44. The zero-order chi connectivity index (χ0) is 57.5. The van der Waals surface area contributed by atoms with Gasteiger partial charge in [0.15, 0.2) is 0 Å². The van der Waals surface area contributed by atoms with E-state index in [9.17, 15) is 33.6 Å². The topological polar surface area (TPSA) is 219 Å². The van der Waals surface area contributed by atoms with Gasteiger partial charge in [-0.1, -0.05) is 107 Å². The van der Waals surface area contributed by atoms with Gasteiger partial charge in [0.1, 0.15) is 24.2 Å². The highest BCUT2D eigenvalue weighted by Gasteiger charge is 2.48. The Balaban J connectivity index is 0.900. The van der Waals surface area contributed by atoms with E-state index in [2.05, 4.69) is 74.6 Å². The molecule has 0 aromatic heterocycles. The lowest BCUT2D eigenvalue weighted by atomic mass is 9.85. The van der Waals surface area contributed by atoms with Gasteiger partial charge >= 0.3 is 0 Å². The standard InChI is InChI=1S/C62H83N9O8Si/c1-38(63-6)55(72)68-51(60(77)71-37-80(8,9)36-53(71)59(76)67-50-23-15-19-43-17-11-13-21-48(43)50)32-40-26-30-45(31-27-40)65-57(74)44-28-24-41(25-29-44)35-79-46-33-52(58(75)66-49-22-14-18-42-16-10-12-20-47(42)49)70(34-46)61(78)54(62(3,4)5)69-56(73)39(2)64-7/h10-13,16-17,20-21,24-31,38-39,46,49-54,63-64H,14-15,18-19,22-23,32-37H2,1-9H3,(H,65,74)(H,66,75)(H,67,76)(H,68,72)(H,69,73)/t38-,39-,46-,49?,50?,51?,52-,53-,54+/m0/s1. The number of anilines is 1. The molecule has 0 saturated carbocycles. The zero-order valence-corrected chi connectivity index (χ0v) is 49.1. The predicted molar refractivity (Wildman–Crippen MR) is 312 cm³/mol. The van der Waals surface area contributed by atoms with Crippen LogP contribution in [-0.2, 0) is 59.4 Å². The molecule has 18 heteroatoms. The van der Waals surface area contributed by atoms with Crippen molar-refractivity contribution in [3.63, 3.8) is 0 Å². The SMILES string of the molecule is CN[C@@H](C)C(=O)NC(Cc1ccc(NC(=O)c2ccc(CO[C@H]3C[C@@H](C(=O)NC4CCCc5ccccc54)N(C(=O)[C@@H](NC(=O)[C@H](C)NC)C(C)(C)C)C3)cc2)cc1)C(=O)N1C[Si](C)(C)C[C@H]1C(=O)NC1CCCc2ccccc21. The van der Waals surface area contributed by atoms with E-state index in [1.54, 1.807) is 62.0 Å². The van der Waals surface area contributed by atoms with Crippen LogP contribution in [0.15, 0.2) is 97.1 Å². The van der Waals surface area contributed by atoms with Gasteiger partial charge in [-0.2, -0.15) is 0 Å². The maximum atomic E-state index is 14.7. The number of nitrogens with zero attached hydrogens (tertiary/aromatic N) is 2. The minimum atomic E-state index is -2.00. The van der Waals surface area contributed by atoms with E-state index < -0.39 is 55.8 Å². The van der Waals surface area contributed by atoms with Crippen LogP contribution < -0.4 is 37.2 Å². The van der Waals surface area contributed by atoms with Crippen LogP contribution in [0.3, 0.4) is 0 Å². The highest BCUT2D eigenvalue weighted by atomic mass is 28.3. The molecule has 2 aliphatic heterocycles. The summed E-state index contributed by atoms with van der Waals surface area (Å²) in [6.07, 6.45) is 5.88. The number of hydrogen-bond acceptors (Lipinski definition) is 10. The Bertz CT molecular complexity index is 2890. The molecule has 0 radical (unpaired) electrons. The Kier molecular flexibility index (Phi) is 19.2. The molecule has 2 aliphatic carbocycles. The molecule has 4 aliphatic rings. The third-order valence-corrected chi connectivity index (χ3v) is 19.2. The first-order valence-electron chi connectivity index (χ1n) is 28.6. The highest BCUT2D eigenvalue weighted by Crippen LogP contribution is 2.35. The van der Waals surface area contributed by atoms with Crippen molar-refractivity contribution in [1.82, 2.24) is 41.7 Å². The van der Waals surface area contributed by atoms with Gasteiger partial charge in [0.2, 0.25) is 35.4 Å². The van der Waals surface area contributed by atoms with Crippen LogP contribution in [0.25, 0.3) is 0 Å². The summed E-state index contributed by atoms with van der Waals surface area (Å²) in [6.45, 7) is 13.8. The highest BCUT2D eigenvalue weighted by molar-refractivity contribution is 6.79. The fraction of sp³-hybridized carbons (Fsp3) is 0.500. The fourth-order valence-corrected chi connectivity index (χ4v) is 14.5. The molecule has 4 aromatic carbocycles. The Morgan fingerprint density at radius 2 is 1.20 bits per heavy atom. The molecule has 0 bridgehead atoms. The van der Waals surface area contributed by atoms with Crippen LogP contribution in [0.4, 0.5) is 5.69 Å². The smallest absolute Gasteiger partial charge is 0.255 e. The van der Waals surface area contributed by atoms with Gasteiger partial charge in [-0.05, 0) is 136 Å². The molecule has 3 unspecified atom stereocenters. The number of carbonyl (C=O) groups is 7. The molecular formula is C62H83N9O8Si. The van der Waals surface area contributed by atoms with Crippen molar-refractivity contribution in [3.8, 4) is 0 Å². The van der Waals surface area contributed by atoms with Gasteiger partial charge in [-0.3, -0.25) is 33.6 Å². The first-order chi connectivity index (χ1) is 38.1. The van der Waals surface area contributed by atoms with Crippen LogP contribution in [0.1, 0.15) is 123 Å². The van der Waals surface area contributed by atoms with E-state index in [1.165, 1.54) is 11.1 Å². The van der Waals surface area contributed by atoms with Crippen molar-refractivity contribution >= 4 is 55.1 Å². The van der Waals surface area contributed by atoms with Crippen LogP contribution in [0.5, 0.6) is 0 Å². The first-order valence-corrected chi connectivity index (χ1v) is 32.0. The van der Waals surface area contributed by atoms with E-state index in [0.717, 1.165) is 60.8 Å². The van der Waals surface area contributed by atoms with Gasteiger partial charge < -0.3 is 51.8 Å². The second-order valence-corrected chi connectivity index (χ2v) is 29.3. The summed E-state index contributed by atoms with van der Waals surface area (Å²) >= 11 is 0. The average Bonchev–Trinajstić information content (AvgIpc) is 4.04. The second-order valence-electron chi connectivity index (χ2n) is 24.3. The van der Waals surface area contributed by atoms with Crippen molar-refractivity contribution in [3.05, 3.63) is 136 Å². The van der Waals surface area contributed by atoms with Crippen molar-refractivity contribution in [2.45, 2.75) is 166 Å². The lowest BCUT2D eigenvalue weighted by Crippen LogP contribution is -2.59. The minimum absolute atomic E-state index is 0.124. The molecule has 0 spiro atoms. The maximum Gasteiger partial charge on any atom is 0.255 e. The minimum Gasteiger partial charge on any atom is -0.372 e. The van der Waals surface area contributed by atoms with E-state index in [-0.39, 0.29) is 79.4 Å². The van der Waals surface area contributed by atoms with Crippen LogP contribution in [0.2, 0.25) is 19.1 Å². The Labute approximate surface area is 472 Å². The molecule has 7 amide bonds. The molecule has 9 atom stereocenters. The predicted octanol–water partition coefficient (Wildman–Crippen LogP) is 6.05. The van der Waals surface area contributed by atoms with E-state index in [4.69, 9.17) is 4.74 Å². The van der Waals surface area contributed by atoms with Crippen LogP contribution in [0, 0.1) is 5.41 Å². The third-order valence-electron chi connectivity index (χ3n) is 16.5. The quantitative estimate of drug-likeness (QED) is 0.0540. The number of aryl methyl sites for hydroxylation is 2. The molecule has 7 N–H and O–H groups in total. The summed E-state index contributed by atoms with van der Waals surface area (Å²) in [5, 5.41) is 21.4. The monoisotopic (exact) mass is 1110 g/mol. The molecule has 2 heterocycles. The van der Waals surface area contributed by atoms with Crippen molar-refractivity contribution in [2.24, 2.45) is 5.41 Å². The van der Waals surface area contributed by atoms with Gasteiger partial charge in [0.05, 0.1) is 45.0 Å². The number of hydrogen-bond donors (Lipinski definition) is 7. The zero-order valence-electron chi connectivity index (χ0n) is 48.1. The maximum absolute atomic E-state index is 14.7. The number of nitrogens with one attached hydrogen (secondary N) is 7. The number of fused-ring (bicyclic) bond motifs is 2. The Hall–Kier alpha value is -6.73. The molecule has 4 aromatic rings. The van der Waals surface area contributed by atoms with Gasteiger partial charge in [-0.15, -0.1) is 0 Å². The number of ether oxygens (including phenoxy) is 1. The summed E-state index contributed by atoms with van der Waals surface area (Å²) in [4.78, 5) is 101. The molecule has 2 fully saturated rings. The normalized spacial score (nSPS) is 21.9.